The van der Waals surface area contributed by atoms with Gasteiger partial charge in [-0.05, 0) is 31.5 Å². The van der Waals surface area contributed by atoms with Crippen molar-refractivity contribution in [3.05, 3.63) is 44.9 Å². The Hall–Kier alpha value is -2.86. The molecule has 0 aliphatic rings. The average molecular weight is 492 g/mol. The molecule has 3 heterocycles. The van der Waals surface area contributed by atoms with Gasteiger partial charge in [0, 0.05) is 13.1 Å². The fourth-order valence-corrected chi connectivity index (χ4v) is 5.31. The number of fused-ring (bicyclic) bond motifs is 2. The molecule has 1 N–H and O–H groups in total. The molecular formula is C21H25N5O5S2. The summed E-state index contributed by atoms with van der Waals surface area (Å²) in [6, 6.07) is 4.62. The van der Waals surface area contributed by atoms with Crippen LogP contribution in [0.4, 0.5) is 0 Å². The van der Waals surface area contributed by atoms with Crippen molar-refractivity contribution in [2.75, 3.05) is 5.75 Å². The van der Waals surface area contributed by atoms with E-state index in [1.807, 2.05) is 13.8 Å². The van der Waals surface area contributed by atoms with Crippen molar-refractivity contribution in [2.24, 2.45) is 0 Å². The second-order valence-electron chi connectivity index (χ2n) is 7.51. The summed E-state index contributed by atoms with van der Waals surface area (Å²) in [5.41, 5.74) is 0.775. The van der Waals surface area contributed by atoms with Crippen molar-refractivity contribution in [3.8, 4) is 0 Å². The Morgan fingerprint density at radius 1 is 1.12 bits per heavy atom. The number of oxazole rings is 1. The van der Waals surface area contributed by atoms with Gasteiger partial charge in [0.15, 0.2) is 26.6 Å². The van der Waals surface area contributed by atoms with E-state index in [-0.39, 0.29) is 10.6 Å². The zero-order valence-electron chi connectivity index (χ0n) is 18.6. The zero-order chi connectivity index (χ0) is 23.8. The lowest BCUT2D eigenvalue weighted by atomic mass is 10.3. The van der Waals surface area contributed by atoms with E-state index in [1.165, 1.54) is 28.5 Å². The van der Waals surface area contributed by atoms with Crippen LogP contribution in [0, 0.1) is 0 Å². The predicted octanol–water partition coefficient (Wildman–Crippen LogP) is 2.93. The minimum atomic E-state index is -3.34. The Morgan fingerprint density at radius 2 is 1.91 bits per heavy atom. The lowest BCUT2D eigenvalue weighted by Crippen LogP contribution is -2.31. The first-order valence-electron chi connectivity index (χ1n) is 10.8. The Labute approximate surface area is 194 Å². The van der Waals surface area contributed by atoms with Crippen LogP contribution in [0.2, 0.25) is 0 Å². The van der Waals surface area contributed by atoms with E-state index in [0.717, 1.165) is 12.8 Å². The number of H-pyrrole nitrogens is 1. The van der Waals surface area contributed by atoms with Crippen molar-refractivity contribution in [2.45, 2.75) is 62.6 Å². The summed E-state index contributed by atoms with van der Waals surface area (Å²) >= 11 is 1.29. The molecule has 33 heavy (non-hydrogen) atoms. The number of hydrogen-bond acceptors (Lipinski definition) is 8. The van der Waals surface area contributed by atoms with Gasteiger partial charge >= 0.3 is 5.69 Å². The number of thioether (sulfide) groups is 1. The fraction of sp³-hybridized carbons (Fsp3) is 0.429. The van der Waals surface area contributed by atoms with Crippen LogP contribution in [0.1, 0.15) is 39.4 Å². The first-order chi connectivity index (χ1) is 15.8. The Kier molecular flexibility index (Phi) is 6.48. The van der Waals surface area contributed by atoms with E-state index in [1.54, 1.807) is 17.6 Å². The normalized spacial score (nSPS) is 12.2. The van der Waals surface area contributed by atoms with Gasteiger partial charge < -0.3 is 8.98 Å². The smallest absolute Gasteiger partial charge is 0.330 e. The molecule has 0 aliphatic carbocycles. The zero-order valence-corrected chi connectivity index (χ0v) is 20.3. The van der Waals surface area contributed by atoms with Crippen LogP contribution >= 0.6 is 11.8 Å². The van der Waals surface area contributed by atoms with Crippen LogP contribution < -0.4 is 11.2 Å². The maximum absolute atomic E-state index is 12.5. The first kappa shape index (κ1) is 23.3. The van der Waals surface area contributed by atoms with E-state index in [2.05, 4.69) is 15.0 Å². The summed E-state index contributed by atoms with van der Waals surface area (Å²) in [6.45, 7) is 6.51. The Morgan fingerprint density at radius 3 is 2.61 bits per heavy atom. The molecule has 0 aliphatic heterocycles. The molecule has 4 aromatic rings. The summed E-state index contributed by atoms with van der Waals surface area (Å²) in [4.78, 5) is 36.5. The molecule has 1 aromatic carbocycles. The number of benzene rings is 1. The van der Waals surface area contributed by atoms with Crippen LogP contribution in [0.25, 0.3) is 22.3 Å². The molecule has 0 saturated heterocycles. The number of imidazole rings is 1. The van der Waals surface area contributed by atoms with Crippen molar-refractivity contribution < 1.29 is 12.8 Å². The quantitative estimate of drug-likeness (QED) is 0.353. The molecule has 176 valence electrons. The monoisotopic (exact) mass is 491 g/mol. The van der Waals surface area contributed by atoms with Gasteiger partial charge in [0.25, 0.3) is 10.8 Å². The van der Waals surface area contributed by atoms with Gasteiger partial charge in [0.05, 0.1) is 16.4 Å². The molecule has 0 bridgehead atoms. The topological polar surface area (TPSA) is 133 Å². The van der Waals surface area contributed by atoms with E-state index >= 15 is 0 Å². The maximum Gasteiger partial charge on any atom is 0.330 e. The number of sulfone groups is 1. The molecule has 3 aromatic heterocycles. The number of nitrogens with one attached hydrogen (secondary N) is 1. The standard InChI is InChI=1S/C21H25N5O5S2/c1-4-7-10-26-18-17(19(27)24-20(26)28)25(5-2)16(23-18)12-32-21-22-14-11-13(33(29,30)6-3)8-9-15(14)31-21/h8-9,11H,4-7,10,12H2,1-3H3,(H,24,27,28). The highest BCUT2D eigenvalue weighted by molar-refractivity contribution is 7.98. The molecule has 0 spiro atoms. The second-order valence-corrected chi connectivity index (χ2v) is 10.7. The number of rotatable bonds is 9. The van der Waals surface area contributed by atoms with Gasteiger partial charge in [-0.25, -0.2) is 23.2 Å². The highest BCUT2D eigenvalue weighted by Gasteiger charge is 2.19. The third-order valence-corrected chi connectivity index (χ3v) is 7.98. The average Bonchev–Trinajstić information content (AvgIpc) is 3.37. The highest BCUT2D eigenvalue weighted by Crippen LogP contribution is 2.28. The largest absolute Gasteiger partial charge is 0.431 e. The molecule has 0 atom stereocenters. The minimum Gasteiger partial charge on any atom is -0.431 e. The summed E-state index contributed by atoms with van der Waals surface area (Å²) in [6.07, 6.45) is 1.70. The van der Waals surface area contributed by atoms with Gasteiger partial charge in [-0.2, -0.15) is 0 Å². The Balaban J connectivity index is 1.68. The SMILES string of the molecule is CCCCn1c(=O)[nH]c(=O)c2c1nc(CSc1nc3cc(S(=O)(=O)CC)ccc3o1)n2CC. The van der Waals surface area contributed by atoms with Gasteiger partial charge in [0.2, 0.25) is 0 Å². The molecule has 0 unspecified atom stereocenters. The minimum absolute atomic E-state index is 0.00760. The number of unbranched alkanes of at least 4 members (excludes halogenated alkanes) is 1. The molecule has 0 radical (unpaired) electrons. The first-order valence-corrected chi connectivity index (χ1v) is 13.4. The van der Waals surface area contributed by atoms with Crippen LogP contribution in [0.15, 0.2) is 42.3 Å². The molecule has 10 nitrogen and oxygen atoms in total. The van der Waals surface area contributed by atoms with Crippen LogP contribution in [-0.4, -0.2) is 38.3 Å². The summed E-state index contributed by atoms with van der Waals surface area (Å²) in [5, 5.41) is 0.364. The number of aromatic nitrogens is 5. The fourth-order valence-electron chi connectivity index (χ4n) is 3.63. The number of aryl methyl sites for hydroxylation is 2. The van der Waals surface area contributed by atoms with E-state index < -0.39 is 21.1 Å². The van der Waals surface area contributed by atoms with Crippen LogP contribution in [0.5, 0.6) is 0 Å². The molecule has 12 heteroatoms. The lowest BCUT2D eigenvalue weighted by molar-refractivity contribution is 0.489. The molecule has 0 saturated carbocycles. The number of hydrogen-bond donors (Lipinski definition) is 1. The van der Waals surface area contributed by atoms with Gasteiger partial charge in [-0.3, -0.25) is 14.3 Å². The summed E-state index contributed by atoms with van der Waals surface area (Å²) < 4.78 is 33.3. The van der Waals surface area contributed by atoms with Crippen molar-refractivity contribution in [3.63, 3.8) is 0 Å². The van der Waals surface area contributed by atoms with E-state index in [9.17, 15) is 18.0 Å². The molecule has 0 amide bonds. The van der Waals surface area contributed by atoms with Crippen molar-refractivity contribution in [1.82, 2.24) is 24.1 Å². The third-order valence-electron chi connectivity index (χ3n) is 5.42. The third kappa shape index (κ3) is 4.36. The van der Waals surface area contributed by atoms with Crippen molar-refractivity contribution in [1.29, 1.82) is 0 Å². The van der Waals surface area contributed by atoms with Gasteiger partial charge in [-0.1, -0.05) is 32.0 Å². The maximum atomic E-state index is 12.5. The molecular weight excluding hydrogens is 466 g/mol. The van der Waals surface area contributed by atoms with E-state index in [0.29, 0.717) is 52.2 Å². The number of nitrogens with zero attached hydrogens (tertiary/aromatic N) is 4. The van der Waals surface area contributed by atoms with Gasteiger partial charge in [0.1, 0.15) is 11.3 Å². The Bertz CT molecular complexity index is 1550. The second kappa shape index (κ2) is 9.18. The number of aromatic amines is 1. The lowest BCUT2D eigenvalue weighted by Gasteiger charge is -2.06. The van der Waals surface area contributed by atoms with Crippen LogP contribution in [-0.2, 0) is 28.7 Å². The summed E-state index contributed by atoms with van der Waals surface area (Å²) in [7, 11) is -3.34. The highest BCUT2D eigenvalue weighted by atomic mass is 32.2. The van der Waals surface area contributed by atoms with Crippen molar-refractivity contribution >= 4 is 43.9 Å². The molecule has 4 rings (SSSR count). The van der Waals surface area contributed by atoms with Gasteiger partial charge in [-0.15, -0.1) is 0 Å². The summed E-state index contributed by atoms with van der Waals surface area (Å²) in [5.74, 6) is 0.986. The van der Waals surface area contributed by atoms with Crippen LogP contribution in [0.3, 0.4) is 0 Å². The molecule has 0 fully saturated rings. The predicted molar refractivity (Wildman–Crippen MR) is 126 cm³/mol. The van der Waals surface area contributed by atoms with E-state index in [4.69, 9.17) is 4.42 Å².